The molecule has 2 rings (SSSR count). The number of carbonyl (C=O) groups is 2. The lowest BCUT2D eigenvalue weighted by molar-refractivity contribution is -0.148. The van der Waals surface area contributed by atoms with Crippen LogP contribution in [0.15, 0.2) is 30.5 Å². The molecular weight excluding hydrogens is 472 g/mol. The van der Waals surface area contributed by atoms with E-state index in [1.54, 1.807) is 0 Å². The third-order valence-electron chi connectivity index (χ3n) is 7.47. The van der Waals surface area contributed by atoms with Crippen molar-refractivity contribution in [1.82, 2.24) is 10.3 Å². The molecule has 0 aliphatic rings. The van der Waals surface area contributed by atoms with Crippen molar-refractivity contribution in [3.05, 3.63) is 36.0 Å². The molecule has 1 unspecified atom stereocenters. The van der Waals surface area contributed by atoms with E-state index in [4.69, 9.17) is 4.74 Å². The van der Waals surface area contributed by atoms with Gasteiger partial charge in [-0.15, -0.1) is 0 Å². The molecule has 0 saturated heterocycles. The van der Waals surface area contributed by atoms with Crippen molar-refractivity contribution in [3.63, 3.8) is 0 Å². The summed E-state index contributed by atoms with van der Waals surface area (Å²) in [6.07, 6.45) is 23.7. The largest absolute Gasteiger partial charge is 0.464 e. The Kier molecular flexibility index (Phi) is 17.3. The molecule has 1 aromatic heterocycles. The van der Waals surface area contributed by atoms with Crippen LogP contribution in [0.1, 0.15) is 135 Å². The molecule has 1 aromatic carbocycles. The van der Waals surface area contributed by atoms with Crippen molar-refractivity contribution >= 4 is 22.8 Å². The quantitative estimate of drug-likeness (QED) is 0.112. The maximum atomic E-state index is 12.9. The van der Waals surface area contributed by atoms with Gasteiger partial charge in [-0.2, -0.15) is 0 Å². The van der Waals surface area contributed by atoms with Crippen molar-refractivity contribution in [2.24, 2.45) is 0 Å². The van der Waals surface area contributed by atoms with Crippen molar-refractivity contribution in [1.29, 1.82) is 0 Å². The number of rotatable bonds is 23. The first-order valence-electron chi connectivity index (χ1n) is 15.7. The summed E-state index contributed by atoms with van der Waals surface area (Å²) < 4.78 is 5.57. The van der Waals surface area contributed by atoms with E-state index in [9.17, 15) is 9.59 Å². The van der Waals surface area contributed by atoms with Crippen molar-refractivity contribution in [2.45, 2.75) is 142 Å². The lowest BCUT2D eigenvalue weighted by Gasteiger charge is -2.18. The van der Waals surface area contributed by atoms with Crippen LogP contribution in [0, 0.1) is 0 Å². The molecule has 0 spiro atoms. The van der Waals surface area contributed by atoms with Gasteiger partial charge < -0.3 is 15.0 Å². The summed E-state index contributed by atoms with van der Waals surface area (Å²) in [6.45, 7) is 4.84. The molecule has 0 radical (unpaired) electrons. The smallest absolute Gasteiger partial charge is 0.328 e. The molecule has 2 N–H and O–H groups in total. The Labute approximate surface area is 231 Å². The lowest BCUT2D eigenvalue weighted by atomic mass is 10.0. The second kappa shape index (κ2) is 20.6. The molecule has 38 heavy (non-hydrogen) atoms. The standard InChI is InChI=1S/C33H54N2O3/c1-3-5-7-9-10-11-12-13-14-15-16-17-18-24-32(36)35-31(33(37)38-25-21-8-6-4-2)26-28-27-34-30-23-20-19-22-29(28)30/h19-20,22-23,27,31,34H,3-18,21,24-26H2,1-2H3,(H,35,36). The Balaban J connectivity index is 1.68. The fourth-order valence-corrected chi connectivity index (χ4v) is 5.09. The van der Waals surface area contributed by atoms with Crippen LogP contribution >= 0.6 is 0 Å². The van der Waals surface area contributed by atoms with E-state index < -0.39 is 6.04 Å². The summed E-state index contributed by atoms with van der Waals surface area (Å²) in [7, 11) is 0. The number of ether oxygens (including phenoxy) is 1. The Morgan fingerprint density at radius 2 is 1.32 bits per heavy atom. The van der Waals surface area contributed by atoms with Gasteiger partial charge in [0.15, 0.2) is 0 Å². The van der Waals surface area contributed by atoms with E-state index in [1.165, 1.54) is 70.6 Å². The topological polar surface area (TPSA) is 71.2 Å². The number of hydrogen-bond acceptors (Lipinski definition) is 3. The molecule has 0 bridgehead atoms. The van der Waals surface area contributed by atoms with Gasteiger partial charge in [-0.25, -0.2) is 4.79 Å². The van der Waals surface area contributed by atoms with E-state index in [0.29, 0.717) is 19.4 Å². The highest BCUT2D eigenvalue weighted by molar-refractivity contribution is 5.87. The van der Waals surface area contributed by atoms with Crippen molar-refractivity contribution in [2.75, 3.05) is 6.61 Å². The molecule has 214 valence electrons. The van der Waals surface area contributed by atoms with Crippen LogP contribution in [-0.4, -0.2) is 29.5 Å². The number of carbonyl (C=O) groups excluding carboxylic acids is 2. The molecular formula is C33H54N2O3. The zero-order valence-corrected chi connectivity index (χ0v) is 24.3. The molecule has 0 saturated carbocycles. The predicted octanol–water partition coefficient (Wildman–Crippen LogP) is 8.80. The van der Waals surface area contributed by atoms with Gasteiger partial charge in [0, 0.05) is 29.9 Å². The highest BCUT2D eigenvalue weighted by Crippen LogP contribution is 2.20. The normalized spacial score (nSPS) is 12.1. The molecule has 1 atom stereocenters. The number of esters is 1. The number of hydrogen-bond donors (Lipinski definition) is 2. The van der Waals surface area contributed by atoms with Gasteiger partial charge in [-0.1, -0.05) is 128 Å². The van der Waals surface area contributed by atoms with Gasteiger partial charge in [-0.3, -0.25) is 4.79 Å². The third-order valence-corrected chi connectivity index (χ3v) is 7.47. The van der Waals surface area contributed by atoms with Gasteiger partial charge in [0.1, 0.15) is 6.04 Å². The number of para-hydroxylation sites is 1. The molecule has 1 heterocycles. The summed E-state index contributed by atoms with van der Waals surface area (Å²) in [4.78, 5) is 28.9. The summed E-state index contributed by atoms with van der Waals surface area (Å²) in [5, 5.41) is 4.07. The highest BCUT2D eigenvalue weighted by atomic mass is 16.5. The van der Waals surface area contributed by atoms with Crippen LogP contribution in [0.2, 0.25) is 0 Å². The summed E-state index contributed by atoms with van der Waals surface area (Å²) >= 11 is 0. The Bertz CT molecular complexity index is 891. The number of nitrogens with one attached hydrogen (secondary N) is 2. The zero-order chi connectivity index (χ0) is 27.3. The van der Waals surface area contributed by atoms with Crippen LogP contribution in [0.25, 0.3) is 10.9 Å². The van der Waals surface area contributed by atoms with Gasteiger partial charge in [0.2, 0.25) is 5.91 Å². The molecule has 1 amide bonds. The zero-order valence-electron chi connectivity index (χ0n) is 24.3. The number of unbranched alkanes of at least 4 members (excludes halogenated alkanes) is 15. The number of aromatic nitrogens is 1. The Morgan fingerprint density at radius 1 is 0.763 bits per heavy atom. The molecule has 2 aromatic rings. The van der Waals surface area contributed by atoms with Gasteiger partial charge in [-0.05, 0) is 24.5 Å². The van der Waals surface area contributed by atoms with Crippen LogP contribution < -0.4 is 5.32 Å². The minimum atomic E-state index is -0.658. The summed E-state index contributed by atoms with van der Waals surface area (Å²) in [5.41, 5.74) is 2.06. The van der Waals surface area contributed by atoms with E-state index in [2.05, 4.69) is 24.1 Å². The van der Waals surface area contributed by atoms with Crippen LogP contribution in [0.3, 0.4) is 0 Å². The first kappa shape index (κ1) is 31.9. The predicted molar refractivity (Wildman–Crippen MR) is 159 cm³/mol. The minimum Gasteiger partial charge on any atom is -0.464 e. The SMILES string of the molecule is CCCCCCCCCCCCCCCC(=O)NC(Cc1c[nH]c2ccccc12)C(=O)OCCCCCC. The van der Waals surface area contributed by atoms with Gasteiger partial charge in [0.25, 0.3) is 0 Å². The number of aromatic amines is 1. The summed E-state index contributed by atoms with van der Waals surface area (Å²) in [6, 6.07) is 7.39. The Hall–Kier alpha value is -2.30. The molecule has 0 aliphatic heterocycles. The van der Waals surface area contributed by atoms with Crippen LogP contribution in [-0.2, 0) is 20.7 Å². The number of amides is 1. The number of fused-ring (bicyclic) bond motifs is 1. The second-order valence-corrected chi connectivity index (χ2v) is 10.9. The maximum Gasteiger partial charge on any atom is 0.328 e. The van der Waals surface area contributed by atoms with E-state index >= 15 is 0 Å². The monoisotopic (exact) mass is 526 g/mol. The minimum absolute atomic E-state index is 0.0548. The lowest BCUT2D eigenvalue weighted by Crippen LogP contribution is -2.43. The second-order valence-electron chi connectivity index (χ2n) is 10.9. The maximum absolute atomic E-state index is 12.9. The van der Waals surface area contributed by atoms with Gasteiger partial charge in [0.05, 0.1) is 6.61 Å². The van der Waals surface area contributed by atoms with E-state index in [0.717, 1.165) is 55.0 Å². The molecule has 5 nitrogen and oxygen atoms in total. The Morgan fingerprint density at radius 3 is 1.95 bits per heavy atom. The van der Waals surface area contributed by atoms with E-state index in [1.807, 2.05) is 30.5 Å². The summed E-state index contributed by atoms with van der Waals surface area (Å²) in [5.74, 6) is -0.383. The third kappa shape index (κ3) is 13.5. The molecule has 0 aliphatic carbocycles. The van der Waals surface area contributed by atoms with Crippen molar-refractivity contribution < 1.29 is 14.3 Å². The first-order valence-corrected chi connectivity index (χ1v) is 15.7. The fraction of sp³-hybridized carbons (Fsp3) is 0.697. The molecule has 0 fully saturated rings. The van der Waals surface area contributed by atoms with Crippen molar-refractivity contribution in [3.8, 4) is 0 Å². The van der Waals surface area contributed by atoms with Crippen LogP contribution in [0.5, 0.6) is 0 Å². The fourth-order valence-electron chi connectivity index (χ4n) is 5.09. The van der Waals surface area contributed by atoms with E-state index in [-0.39, 0.29) is 11.9 Å². The average molecular weight is 527 g/mol. The molecule has 5 heteroatoms. The number of H-pyrrole nitrogens is 1. The van der Waals surface area contributed by atoms with Gasteiger partial charge >= 0.3 is 5.97 Å². The first-order chi connectivity index (χ1) is 18.7. The average Bonchev–Trinajstić information content (AvgIpc) is 3.33. The number of benzene rings is 1. The highest BCUT2D eigenvalue weighted by Gasteiger charge is 2.24. The van der Waals surface area contributed by atoms with Crippen LogP contribution in [0.4, 0.5) is 0 Å².